The SMILES string of the molecule is CN1C(=O)C=C[C@@]2(C)C1CC[C@H]1[C@@H]3CC[C@H](CCc4ccc(S(C)=O)cc4)[C@@]3(C)CC[C@@H]12. The van der Waals surface area contributed by atoms with Gasteiger partial charge in [-0.05, 0) is 104 Å². The number of hydrogen-bond acceptors (Lipinski definition) is 2. The number of benzene rings is 1. The zero-order valence-electron chi connectivity index (χ0n) is 20.2. The molecule has 0 saturated heterocycles. The van der Waals surface area contributed by atoms with Gasteiger partial charge in [0.15, 0.2) is 0 Å². The zero-order chi connectivity index (χ0) is 22.7. The Morgan fingerprint density at radius 2 is 1.78 bits per heavy atom. The summed E-state index contributed by atoms with van der Waals surface area (Å²) < 4.78 is 11.7. The molecule has 5 rings (SSSR count). The number of hydrogen-bond donors (Lipinski definition) is 0. The van der Waals surface area contributed by atoms with Gasteiger partial charge in [-0.3, -0.25) is 9.00 Å². The highest BCUT2D eigenvalue weighted by Crippen LogP contribution is 2.66. The smallest absolute Gasteiger partial charge is 0.246 e. The van der Waals surface area contributed by atoms with Crippen LogP contribution in [-0.4, -0.2) is 34.4 Å². The zero-order valence-corrected chi connectivity index (χ0v) is 21.0. The molecule has 3 aliphatic carbocycles. The molecule has 8 atom stereocenters. The van der Waals surface area contributed by atoms with Crippen molar-refractivity contribution < 1.29 is 9.00 Å². The first kappa shape index (κ1) is 22.4. The Morgan fingerprint density at radius 1 is 1.03 bits per heavy atom. The van der Waals surface area contributed by atoms with E-state index in [4.69, 9.17) is 0 Å². The van der Waals surface area contributed by atoms with Crippen molar-refractivity contribution in [3.8, 4) is 0 Å². The summed E-state index contributed by atoms with van der Waals surface area (Å²) in [5, 5.41) is 0. The summed E-state index contributed by atoms with van der Waals surface area (Å²) in [6.45, 7) is 5.05. The normalized spacial score (nSPS) is 41.7. The minimum absolute atomic E-state index is 0.145. The second-order valence-electron chi connectivity index (χ2n) is 11.6. The molecular formula is C28H39NO2S. The Labute approximate surface area is 196 Å². The fourth-order valence-electron chi connectivity index (χ4n) is 8.51. The third-order valence-electron chi connectivity index (χ3n) is 10.4. The maximum absolute atomic E-state index is 12.3. The Hall–Kier alpha value is -1.42. The first-order valence-electron chi connectivity index (χ1n) is 12.6. The summed E-state index contributed by atoms with van der Waals surface area (Å²) in [6, 6.07) is 8.81. The summed E-state index contributed by atoms with van der Waals surface area (Å²) in [5.41, 5.74) is 1.99. The molecule has 0 bridgehead atoms. The number of nitrogens with zero attached hydrogens (tertiary/aromatic N) is 1. The summed E-state index contributed by atoms with van der Waals surface area (Å²) in [5.74, 6) is 3.36. The topological polar surface area (TPSA) is 37.4 Å². The number of fused-ring (bicyclic) bond motifs is 5. The highest BCUT2D eigenvalue weighted by Gasteiger charge is 2.60. The van der Waals surface area contributed by atoms with E-state index in [1.54, 1.807) is 6.26 Å². The third kappa shape index (κ3) is 3.43. The molecule has 0 radical (unpaired) electrons. The predicted octanol–water partition coefficient (Wildman–Crippen LogP) is 5.61. The molecular weight excluding hydrogens is 414 g/mol. The number of carbonyl (C=O) groups excluding carboxylic acids is 1. The van der Waals surface area contributed by atoms with E-state index in [0.29, 0.717) is 17.4 Å². The first-order valence-corrected chi connectivity index (χ1v) is 14.2. The van der Waals surface area contributed by atoms with Gasteiger partial charge in [-0.25, -0.2) is 0 Å². The van der Waals surface area contributed by atoms with Gasteiger partial charge in [0.05, 0.1) is 0 Å². The Morgan fingerprint density at radius 3 is 2.50 bits per heavy atom. The van der Waals surface area contributed by atoms with Crippen LogP contribution in [0.2, 0.25) is 0 Å². The van der Waals surface area contributed by atoms with Gasteiger partial charge >= 0.3 is 0 Å². The van der Waals surface area contributed by atoms with Gasteiger partial charge in [-0.1, -0.05) is 32.1 Å². The second-order valence-corrected chi connectivity index (χ2v) is 13.0. The lowest BCUT2D eigenvalue weighted by atomic mass is 9.47. The molecule has 3 fully saturated rings. The van der Waals surface area contributed by atoms with Crippen molar-refractivity contribution in [3.05, 3.63) is 42.0 Å². The third-order valence-corrected chi connectivity index (χ3v) is 11.3. The lowest BCUT2D eigenvalue weighted by Gasteiger charge is -2.60. The molecule has 0 N–H and O–H groups in total. The van der Waals surface area contributed by atoms with E-state index in [1.807, 2.05) is 30.2 Å². The number of likely N-dealkylation sites (N-methyl/N-ethyl adjacent to an activating group) is 1. The molecule has 0 spiro atoms. The van der Waals surface area contributed by atoms with E-state index in [9.17, 15) is 9.00 Å². The van der Waals surface area contributed by atoms with E-state index < -0.39 is 10.8 Å². The minimum atomic E-state index is -0.897. The van der Waals surface area contributed by atoms with Gasteiger partial charge < -0.3 is 4.90 Å². The highest BCUT2D eigenvalue weighted by molar-refractivity contribution is 7.84. The van der Waals surface area contributed by atoms with Crippen LogP contribution in [0.4, 0.5) is 0 Å². The average molecular weight is 454 g/mol. The number of rotatable bonds is 4. The molecule has 3 saturated carbocycles. The van der Waals surface area contributed by atoms with Crippen molar-refractivity contribution in [2.24, 2.45) is 34.5 Å². The van der Waals surface area contributed by atoms with Crippen LogP contribution < -0.4 is 0 Å². The van der Waals surface area contributed by atoms with Crippen LogP contribution in [0.5, 0.6) is 0 Å². The van der Waals surface area contributed by atoms with Crippen LogP contribution in [0.3, 0.4) is 0 Å². The molecule has 0 aromatic heterocycles. The van der Waals surface area contributed by atoms with E-state index in [-0.39, 0.29) is 11.3 Å². The van der Waals surface area contributed by atoms with Crippen molar-refractivity contribution in [2.45, 2.75) is 76.2 Å². The van der Waals surface area contributed by atoms with Gasteiger partial charge in [-0.15, -0.1) is 0 Å². The van der Waals surface area contributed by atoms with Gasteiger partial charge in [0.2, 0.25) is 5.91 Å². The van der Waals surface area contributed by atoms with Gasteiger partial charge in [0.25, 0.3) is 0 Å². The molecule has 1 heterocycles. The maximum atomic E-state index is 12.3. The number of carbonyl (C=O) groups is 1. The number of amides is 1. The fraction of sp³-hybridized carbons (Fsp3) is 0.679. The molecule has 1 aromatic carbocycles. The van der Waals surface area contributed by atoms with Crippen molar-refractivity contribution in [1.29, 1.82) is 0 Å². The summed E-state index contributed by atoms with van der Waals surface area (Å²) >= 11 is 0. The van der Waals surface area contributed by atoms with Gasteiger partial charge in [0, 0.05) is 40.5 Å². The van der Waals surface area contributed by atoms with Crippen molar-refractivity contribution in [3.63, 3.8) is 0 Å². The predicted molar refractivity (Wildman–Crippen MR) is 131 cm³/mol. The van der Waals surface area contributed by atoms with E-state index in [0.717, 1.165) is 35.5 Å². The summed E-state index contributed by atoms with van der Waals surface area (Å²) in [6.07, 6.45) is 16.1. The van der Waals surface area contributed by atoms with Crippen molar-refractivity contribution in [1.82, 2.24) is 4.90 Å². The minimum Gasteiger partial charge on any atom is -0.338 e. The lowest BCUT2D eigenvalue weighted by Crippen LogP contribution is -2.59. The summed E-state index contributed by atoms with van der Waals surface area (Å²) in [4.78, 5) is 15.2. The summed E-state index contributed by atoms with van der Waals surface area (Å²) in [7, 11) is 1.12. The fourth-order valence-corrected chi connectivity index (χ4v) is 9.03. The second kappa shape index (κ2) is 8.11. The van der Waals surface area contributed by atoms with Crippen LogP contribution >= 0.6 is 0 Å². The van der Waals surface area contributed by atoms with Crippen LogP contribution in [0.25, 0.3) is 0 Å². The van der Waals surface area contributed by atoms with Crippen LogP contribution in [0.15, 0.2) is 41.3 Å². The van der Waals surface area contributed by atoms with Crippen LogP contribution in [0, 0.1) is 34.5 Å². The highest BCUT2D eigenvalue weighted by atomic mass is 32.2. The molecule has 4 aliphatic rings. The Bertz CT molecular complexity index is 939. The molecule has 4 heteroatoms. The standard InChI is InChI=1S/C28H39NO2S/c1-27-17-15-24-22(12-14-25-28(24,2)18-16-26(30)29(25)3)23(27)13-9-20(27)8-5-19-6-10-21(11-7-19)32(4)31/h6-7,10-11,16,18,20,22-25H,5,8-9,12-15,17H2,1-4H3/t20-,22-,23-,24-,25?,27+,28+,32?/m0/s1. The molecule has 1 aliphatic heterocycles. The molecule has 1 aromatic rings. The monoisotopic (exact) mass is 453 g/mol. The quantitative estimate of drug-likeness (QED) is 0.594. The molecule has 32 heavy (non-hydrogen) atoms. The molecule has 1 amide bonds. The molecule has 3 nitrogen and oxygen atoms in total. The molecule has 174 valence electrons. The maximum Gasteiger partial charge on any atom is 0.246 e. The largest absolute Gasteiger partial charge is 0.338 e. The van der Waals surface area contributed by atoms with Crippen molar-refractivity contribution >= 4 is 16.7 Å². The molecule has 2 unspecified atom stereocenters. The lowest BCUT2D eigenvalue weighted by molar-refractivity contribution is -0.138. The average Bonchev–Trinajstić information content (AvgIpc) is 3.12. The first-order chi connectivity index (χ1) is 15.2. The van der Waals surface area contributed by atoms with Crippen LogP contribution in [0.1, 0.15) is 64.4 Å². The van der Waals surface area contributed by atoms with Crippen molar-refractivity contribution in [2.75, 3.05) is 13.3 Å². The Balaban J connectivity index is 1.30. The Kier molecular flexibility index (Phi) is 5.67. The van der Waals surface area contributed by atoms with E-state index >= 15 is 0 Å². The van der Waals surface area contributed by atoms with Gasteiger partial charge in [-0.2, -0.15) is 0 Å². The van der Waals surface area contributed by atoms with Gasteiger partial charge in [0.1, 0.15) is 0 Å². The van der Waals surface area contributed by atoms with E-state index in [1.165, 1.54) is 44.1 Å². The van der Waals surface area contributed by atoms with E-state index in [2.05, 4.69) is 32.1 Å². The van der Waals surface area contributed by atoms with Crippen LogP contribution in [-0.2, 0) is 22.0 Å². The number of aryl methyl sites for hydroxylation is 1.